The smallest absolute Gasteiger partial charge is 0.266 e. The van der Waals surface area contributed by atoms with E-state index >= 15 is 0 Å². The number of carbonyl (C=O) groups is 1. The second kappa shape index (κ2) is 8.56. The van der Waals surface area contributed by atoms with Gasteiger partial charge in [0.05, 0.1) is 17.7 Å². The largest absolute Gasteiger partial charge is 0.376 e. The van der Waals surface area contributed by atoms with Crippen LogP contribution in [0.2, 0.25) is 0 Å². The Kier molecular flexibility index (Phi) is 5.93. The summed E-state index contributed by atoms with van der Waals surface area (Å²) in [5, 5.41) is 21.1. The molecule has 2 heterocycles. The SMILES string of the molecule is Cc1cc(/C=C(\C#N)C(=O)Nc2cccc(C#N)c2)c(C)n1C[C@@H]1CCCO1. The molecule has 1 amide bonds. The first kappa shape index (κ1) is 19.4. The van der Waals surface area contributed by atoms with E-state index in [9.17, 15) is 10.1 Å². The van der Waals surface area contributed by atoms with Crippen molar-refractivity contribution >= 4 is 17.7 Å². The molecule has 0 radical (unpaired) electrons. The molecule has 3 rings (SSSR count). The molecule has 1 atom stereocenters. The zero-order valence-corrected chi connectivity index (χ0v) is 16.0. The molecule has 6 heteroatoms. The van der Waals surface area contributed by atoms with Crippen LogP contribution in [-0.2, 0) is 16.1 Å². The van der Waals surface area contributed by atoms with Crippen molar-refractivity contribution < 1.29 is 9.53 Å². The molecular formula is C22H22N4O2. The second-order valence-corrected chi connectivity index (χ2v) is 6.89. The van der Waals surface area contributed by atoms with Crippen molar-refractivity contribution in [2.45, 2.75) is 39.3 Å². The average molecular weight is 374 g/mol. The quantitative estimate of drug-likeness (QED) is 0.638. The fourth-order valence-corrected chi connectivity index (χ4v) is 3.42. The number of ether oxygens (including phenoxy) is 1. The van der Waals surface area contributed by atoms with Crippen LogP contribution in [0.5, 0.6) is 0 Å². The van der Waals surface area contributed by atoms with Gasteiger partial charge in [-0.25, -0.2) is 0 Å². The lowest BCUT2D eigenvalue weighted by molar-refractivity contribution is -0.112. The number of nitrogens with zero attached hydrogens (tertiary/aromatic N) is 3. The molecule has 0 spiro atoms. The van der Waals surface area contributed by atoms with Gasteiger partial charge in [0.2, 0.25) is 0 Å². The zero-order valence-electron chi connectivity index (χ0n) is 16.0. The van der Waals surface area contributed by atoms with Gasteiger partial charge in [-0.3, -0.25) is 4.79 Å². The van der Waals surface area contributed by atoms with Crippen molar-refractivity contribution in [2.24, 2.45) is 0 Å². The van der Waals surface area contributed by atoms with Gasteiger partial charge in [-0.15, -0.1) is 0 Å². The van der Waals surface area contributed by atoms with E-state index in [0.29, 0.717) is 11.3 Å². The molecule has 1 N–H and O–H groups in total. The van der Waals surface area contributed by atoms with E-state index < -0.39 is 5.91 Å². The van der Waals surface area contributed by atoms with Gasteiger partial charge < -0.3 is 14.6 Å². The van der Waals surface area contributed by atoms with Gasteiger partial charge in [0.25, 0.3) is 5.91 Å². The van der Waals surface area contributed by atoms with Crippen LogP contribution in [0, 0.1) is 36.5 Å². The molecule has 1 fully saturated rings. The Hall–Kier alpha value is -3.35. The topological polar surface area (TPSA) is 90.8 Å². The lowest BCUT2D eigenvalue weighted by atomic mass is 10.1. The van der Waals surface area contributed by atoms with Crippen molar-refractivity contribution in [2.75, 3.05) is 11.9 Å². The highest BCUT2D eigenvalue weighted by molar-refractivity contribution is 6.09. The van der Waals surface area contributed by atoms with E-state index in [1.165, 1.54) is 0 Å². The molecule has 2 aromatic rings. The zero-order chi connectivity index (χ0) is 20.1. The number of aromatic nitrogens is 1. The van der Waals surface area contributed by atoms with E-state index in [0.717, 1.165) is 42.9 Å². The highest BCUT2D eigenvalue weighted by atomic mass is 16.5. The first-order valence-corrected chi connectivity index (χ1v) is 9.23. The van der Waals surface area contributed by atoms with Gasteiger partial charge in [0, 0.05) is 30.2 Å². The van der Waals surface area contributed by atoms with Crippen LogP contribution in [0.3, 0.4) is 0 Å². The summed E-state index contributed by atoms with van der Waals surface area (Å²) in [6, 6.07) is 12.6. The maximum absolute atomic E-state index is 12.5. The predicted molar refractivity (Wildman–Crippen MR) is 106 cm³/mol. The molecule has 1 aromatic heterocycles. The summed E-state index contributed by atoms with van der Waals surface area (Å²) in [5.74, 6) is -0.499. The van der Waals surface area contributed by atoms with Crippen LogP contribution in [0.25, 0.3) is 6.08 Å². The fourth-order valence-electron chi connectivity index (χ4n) is 3.42. The predicted octanol–water partition coefficient (Wildman–Crippen LogP) is 3.70. The summed E-state index contributed by atoms with van der Waals surface area (Å²) in [5.41, 5.74) is 3.85. The number of anilines is 1. The van der Waals surface area contributed by atoms with E-state index in [1.54, 1.807) is 30.3 Å². The van der Waals surface area contributed by atoms with E-state index in [1.807, 2.05) is 32.1 Å². The second-order valence-electron chi connectivity index (χ2n) is 6.89. The Morgan fingerprint density at radius 2 is 2.18 bits per heavy atom. The molecule has 28 heavy (non-hydrogen) atoms. The maximum Gasteiger partial charge on any atom is 0.266 e. The van der Waals surface area contributed by atoms with Gasteiger partial charge in [-0.1, -0.05) is 6.07 Å². The normalized spacial score (nSPS) is 16.4. The van der Waals surface area contributed by atoms with Gasteiger partial charge in [0.1, 0.15) is 11.6 Å². The summed E-state index contributed by atoms with van der Waals surface area (Å²) < 4.78 is 7.90. The number of aryl methyl sites for hydroxylation is 1. The number of rotatable bonds is 5. The summed E-state index contributed by atoms with van der Waals surface area (Å²) in [7, 11) is 0. The Morgan fingerprint density at radius 3 is 2.86 bits per heavy atom. The first-order chi connectivity index (χ1) is 13.5. The Morgan fingerprint density at radius 1 is 1.36 bits per heavy atom. The van der Waals surface area contributed by atoms with Gasteiger partial charge in [-0.2, -0.15) is 10.5 Å². The van der Waals surface area contributed by atoms with E-state index in [-0.39, 0.29) is 11.7 Å². The molecule has 0 unspecified atom stereocenters. The number of carbonyl (C=O) groups excluding carboxylic acids is 1. The van der Waals surface area contributed by atoms with Crippen LogP contribution in [0.4, 0.5) is 5.69 Å². The third-order valence-electron chi connectivity index (χ3n) is 4.94. The number of hydrogen-bond acceptors (Lipinski definition) is 4. The van der Waals surface area contributed by atoms with Gasteiger partial charge in [0.15, 0.2) is 0 Å². The highest BCUT2D eigenvalue weighted by Gasteiger charge is 2.19. The number of nitriles is 2. The number of amides is 1. The maximum atomic E-state index is 12.5. The molecule has 0 saturated carbocycles. The minimum atomic E-state index is -0.499. The van der Waals surface area contributed by atoms with Crippen LogP contribution in [0.1, 0.15) is 35.4 Å². The minimum absolute atomic E-state index is 0.0136. The van der Waals surface area contributed by atoms with Crippen LogP contribution < -0.4 is 5.32 Å². The molecule has 1 aliphatic rings. The molecule has 1 aliphatic heterocycles. The Labute approximate surface area is 164 Å². The monoisotopic (exact) mass is 374 g/mol. The molecule has 0 bridgehead atoms. The number of benzene rings is 1. The van der Waals surface area contributed by atoms with E-state index in [4.69, 9.17) is 10.00 Å². The standard InChI is InChI=1S/C22H22N4O2/c1-15-9-18(16(2)26(15)14-21-7-4-8-28-21)11-19(13-24)22(27)25-20-6-3-5-17(10-20)12-23/h3,5-6,9-11,21H,4,7-8,14H2,1-2H3,(H,25,27)/b19-11+/t21-/m0/s1. The van der Waals surface area contributed by atoms with Crippen LogP contribution >= 0.6 is 0 Å². The lowest BCUT2D eigenvalue weighted by Gasteiger charge is -2.14. The van der Waals surface area contributed by atoms with Crippen molar-refractivity contribution in [3.63, 3.8) is 0 Å². The molecular weight excluding hydrogens is 352 g/mol. The van der Waals surface area contributed by atoms with Crippen molar-refractivity contribution in [1.29, 1.82) is 10.5 Å². The third-order valence-corrected chi connectivity index (χ3v) is 4.94. The number of hydrogen-bond donors (Lipinski definition) is 1. The molecule has 1 aromatic carbocycles. The Balaban J connectivity index is 1.81. The van der Waals surface area contributed by atoms with Crippen molar-refractivity contribution in [3.05, 3.63) is 58.4 Å². The first-order valence-electron chi connectivity index (χ1n) is 9.23. The summed E-state index contributed by atoms with van der Waals surface area (Å²) in [6.07, 6.45) is 3.96. The Bertz CT molecular complexity index is 999. The van der Waals surface area contributed by atoms with Crippen molar-refractivity contribution in [3.8, 4) is 12.1 Å². The molecule has 1 saturated heterocycles. The molecule has 6 nitrogen and oxygen atoms in total. The fraction of sp³-hybridized carbons (Fsp3) is 0.318. The molecule has 0 aliphatic carbocycles. The minimum Gasteiger partial charge on any atom is -0.376 e. The summed E-state index contributed by atoms with van der Waals surface area (Å²) in [4.78, 5) is 12.5. The highest BCUT2D eigenvalue weighted by Crippen LogP contribution is 2.22. The summed E-state index contributed by atoms with van der Waals surface area (Å²) in [6.45, 7) is 5.58. The third kappa shape index (κ3) is 4.31. The van der Waals surface area contributed by atoms with E-state index in [2.05, 4.69) is 9.88 Å². The lowest BCUT2D eigenvalue weighted by Crippen LogP contribution is -2.17. The molecule has 142 valence electrons. The van der Waals surface area contributed by atoms with Crippen LogP contribution in [0.15, 0.2) is 35.9 Å². The van der Waals surface area contributed by atoms with Crippen molar-refractivity contribution in [1.82, 2.24) is 4.57 Å². The number of nitrogens with one attached hydrogen (secondary N) is 1. The summed E-state index contributed by atoms with van der Waals surface area (Å²) >= 11 is 0. The average Bonchev–Trinajstić information content (AvgIpc) is 3.30. The van der Waals surface area contributed by atoms with Gasteiger partial charge in [-0.05, 0) is 62.6 Å². The van der Waals surface area contributed by atoms with Gasteiger partial charge >= 0.3 is 0 Å². The van der Waals surface area contributed by atoms with Crippen LogP contribution in [-0.4, -0.2) is 23.2 Å².